The second kappa shape index (κ2) is 8.61. The van der Waals surface area contributed by atoms with E-state index in [-0.39, 0.29) is 5.75 Å². The van der Waals surface area contributed by atoms with Crippen molar-refractivity contribution in [2.24, 2.45) is 0 Å². The van der Waals surface area contributed by atoms with Crippen LogP contribution in [0.15, 0.2) is 18.2 Å². The molecule has 0 atom stereocenters. The molecule has 1 aromatic carbocycles. The van der Waals surface area contributed by atoms with Gasteiger partial charge in [0.25, 0.3) is 0 Å². The number of anilines is 1. The number of nitrogens with two attached hydrogens (primary N) is 1. The largest absolute Gasteiger partial charge is 0.508 e. The Labute approximate surface area is 114 Å². The molecule has 0 saturated heterocycles. The summed E-state index contributed by atoms with van der Waals surface area (Å²) in [7, 11) is 2.02. The molecule has 5 heteroatoms. The molecule has 5 nitrogen and oxygen atoms in total. The Balaban J connectivity index is 2.20. The number of ether oxygens (including phenoxy) is 2. The molecule has 0 aliphatic rings. The highest BCUT2D eigenvalue weighted by atomic mass is 16.5. The van der Waals surface area contributed by atoms with E-state index >= 15 is 0 Å². The molecule has 0 aliphatic heterocycles. The molecule has 0 amide bonds. The van der Waals surface area contributed by atoms with Crippen molar-refractivity contribution in [1.29, 1.82) is 0 Å². The zero-order valence-electron chi connectivity index (χ0n) is 11.8. The maximum Gasteiger partial charge on any atom is 0.145 e. The molecule has 0 bridgehead atoms. The van der Waals surface area contributed by atoms with Crippen LogP contribution in [0.1, 0.15) is 13.3 Å². The van der Waals surface area contributed by atoms with Crippen molar-refractivity contribution < 1.29 is 14.6 Å². The second-order valence-corrected chi connectivity index (χ2v) is 4.49. The summed E-state index contributed by atoms with van der Waals surface area (Å²) in [6, 6.07) is 4.70. The molecule has 1 rings (SSSR count). The minimum absolute atomic E-state index is 0.158. The number of nitrogens with zero attached hydrogens (tertiary/aromatic N) is 1. The minimum Gasteiger partial charge on any atom is -0.508 e. The predicted octanol–water partition coefficient (Wildman–Crippen LogP) is 1.71. The zero-order valence-corrected chi connectivity index (χ0v) is 11.8. The van der Waals surface area contributed by atoms with Crippen molar-refractivity contribution in [2.75, 3.05) is 45.7 Å². The Morgan fingerprint density at radius 3 is 2.68 bits per heavy atom. The van der Waals surface area contributed by atoms with Crippen LogP contribution in [0.5, 0.6) is 11.5 Å². The van der Waals surface area contributed by atoms with Gasteiger partial charge >= 0.3 is 0 Å². The molecule has 1 aromatic rings. The third kappa shape index (κ3) is 6.31. The van der Waals surface area contributed by atoms with Crippen LogP contribution in [0, 0.1) is 0 Å². The molecule has 0 spiro atoms. The van der Waals surface area contributed by atoms with E-state index < -0.39 is 0 Å². The highest BCUT2D eigenvalue weighted by Gasteiger charge is 2.03. The summed E-state index contributed by atoms with van der Waals surface area (Å²) in [6.07, 6.45) is 1.05. The fourth-order valence-corrected chi connectivity index (χ4v) is 1.54. The van der Waals surface area contributed by atoms with Crippen LogP contribution >= 0.6 is 0 Å². The molecule has 0 heterocycles. The van der Waals surface area contributed by atoms with Gasteiger partial charge in [0.2, 0.25) is 0 Å². The van der Waals surface area contributed by atoms with E-state index in [9.17, 15) is 5.11 Å². The van der Waals surface area contributed by atoms with Gasteiger partial charge in [0.15, 0.2) is 0 Å². The van der Waals surface area contributed by atoms with Gasteiger partial charge in [0, 0.05) is 25.8 Å². The van der Waals surface area contributed by atoms with E-state index in [0.717, 1.165) is 32.7 Å². The van der Waals surface area contributed by atoms with Crippen molar-refractivity contribution in [1.82, 2.24) is 4.90 Å². The van der Waals surface area contributed by atoms with Crippen LogP contribution in [0.4, 0.5) is 5.69 Å². The van der Waals surface area contributed by atoms with E-state index in [1.54, 1.807) is 12.1 Å². The van der Waals surface area contributed by atoms with Crippen LogP contribution in [-0.2, 0) is 4.74 Å². The number of hydrogen-bond donors (Lipinski definition) is 2. The van der Waals surface area contributed by atoms with Crippen LogP contribution in [0.25, 0.3) is 0 Å². The second-order valence-electron chi connectivity index (χ2n) is 4.49. The van der Waals surface area contributed by atoms with Crippen LogP contribution in [0.2, 0.25) is 0 Å². The number of phenolic OH excluding ortho intramolecular Hbond substituents is 1. The number of benzene rings is 1. The predicted molar refractivity (Wildman–Crippen MR) is 76.6 cm³/mol. The number of rotatable bonds is 9. The van der Waals surface area contributed by atoms with E-state index in [1.165, 1.54) is 6.07 Å². The van der Waals surface area contributed by atoms with Crippen molar-refractivity contribution >= 4 is 5.69 Å². The van der Waals surface area contributed by atoms with Gasteiger partial charge in [0.1, 0.15) is 18.1 Å². The lowest BCUT2D eigenvalue weighted by Gasteiger charge is -2.17. The Morgan fingerprint density at radius 1 is 1.21 bits per heavy atom. The molecule has 0 aromatic heterocycles. The summed E-state index contributed by atoms with van der Waals surface area (Å²) in [5.74, 6) is 0.682. The first-order valence-corrected chi connectivity index (χ1v) is 6.61. The van der Waals surface area contributed by atoms with Gasteiger partial charge in [-0.05, 0) is 25.6 Å². The molecule has 0 fully saturated rings. The fourth-order valence-electron chi connectivity index (χ4n) is 1.54. The Kier molecular flexibility index (Phi) is 7.07. The average molecular weight is 268 g/mol. The van der Waals surface area contributed by atoms with Crippen LogP contribution < -0.4 is 10.5 Å². The lowest BCUT2D eigenvalue weighted by atomic mass is 10.3. The maximum atomic E-state index is 9.35. The molecule has 3 N–H and O–H groups in total. The number of aromatic hydroxyl groups is 1. The van der Waals surface area contributed by atoms with Gasteiger partial charge in [-0.15, -0.1) is 0 Å². The maximum absolute atomic E-state index is 9.35. The summed E-state index contributed by atoms with van der Waals surface area (Å²) < 4.78 is 11.0. The highest BCUT2D eigenvalue weighted by molar-refractivity contribution is 5.55. The highest BCUT2D eigenvalue weighted by Crippen LogP contribution is 2.25. The van der Waals surface area contributed by atoms with Crippen molar-refractivity contribution in [3.63, 3.8) is 0 Å². The number of phenols is 1. The molecular formula is C14H24N2O3. The Morgan fingerprint density at radius 2 is 1.95 bits per heavy atom. The Hall–Kier alpha value is -1.46. The molecule has 0 aliphatic carbocycles. The van der Waals surface area contributed by atoms with Gasteiger partial charge in [-0.3, -0.25) is 0 Å². The van der Waals surface area contributed by atoms with Gasteiger partial charge in [-0.1, -0.05) is 6.92 Å². The normalized spacial score (nSPS) is 10.9. The van der Waals surface area contributed by atoms with Gasteiger partial charge in [-0.25, -0.2) is 0 Å². The molecule has 0 saturated carbocycles. The van der Waals surface area contributed by atoms with Crippen molar-refractivity contribution in [3.8, 4) is 11.5 Å². The first-order chi connectivity index (χ1) is 9.13. The molecule has 108 valence electrons. The third-order valence-corrected chi connectivity index (χ3v) is 2.69. The van der Waals surface area contributed by atoms with Gasteiger partial charge < -0.3 is 25.2 Å². The summed E-state index contributed by atoms with van der Waals surface area (Å²) in [4.78, 5) is 2.13. The van der Waals surface area contributed by atoms with E-state index in [0.29, 0.717) is 18.0 Å². The number of nitrogen functional groups attached to an aromatic ring is 1. The zero-order chi connectivity index (χ0) is 14.1. The SMILES string of the molecule is CCCOCCN(C)CCOc1cc(O)ccc1N. The fraction of sp³-hybridized carbons (Fsp3) is 0.571. The lowest BCUT2D eigenvalue weighted by Crippen LogP contribution is -2.28. The van der Waals surface area contributed by atoms with E-state index in [2.05, 4.69) is 11.8 Å². The summed E-state index contributed by atoms with van der Waals surface area (Å²) in [6.45, 7) is 5.82. The molecule has 19 heavy (non-hydrogen) atoms. The smallest absolute Gasteiger partial charge is 0.145 e. The summed E-state index contributed by atoms with van der Waals surface area (Å²) in [5.41, 5.74) is 6.28. The minimum atomic E-state index is 0.158. The topological polar surface area (TPSA) is 68.0 Å². The summed E-state index contributed by atoms with van der Waals surface area (Å²) >= 11 is 0. The average Bonchev–Trinajstić information content (AvgIpc) is 2.39. The van der Waals surface area contributed by atoms with Gasteiger partial charge in [0.05, 0.1) is 12.3 Å². The standard InChI is InChI=1S/C14H24N2O3/c1-3-8-18-9-6-16(2)7-10-19-14-11-12(17)4-5-13(14)15/h4-5,11,17H,3,6-10,15H2,1-2H3. The Bertz CT molecular complexity index is 372. The first kappa shape index (κ1) is 15.6. The van der Waals surface area contributed by atoms with E-state index in [1.807, 2.05) is 7.05 Å². The first-order valence-electron chi connectivity index (χ1n) is 6.61. The monoisotopic (exact) mass is 268 g/mol. The van der Waals surface area contributed by atoms with Gasteiger partial charge in [-0.2, -0.15) is 0 Å². The molecular weight excluding hydrogens is 244 g/mol. The van der Waals surface area contributed by atoms with Crippen LogP contribution in [0.3, 0.4) is 0 Å². The third-order valence-electron chi connectivity index (χ3n) is 2.69. The van der Waals surface area contributed by atoms with Crippen molar-refractivity contribution in [2.45, 2.75) is 13.3 Å². The molecule has 0 unspecified atom stereocenters. The van der Waals surface area contributed by atoms with E-state index in [4.69, 9.17) is 15.2 Å². The van der Waals surface area contributed by atoms with Crippen molar-refractivity contribution in [3.05, 3.63) is 18.2 Å². The van der Waals surface area contributed by atoms with Crippen LogP contribution in [-0.4, -0.2) is 50.0 Å². The summed E-state index contributed by atoms with van der Waals surface area (Å²) in [5, 5.41) is 9.35. The quantitative estimate of drug-likeness (QED) is 0.405. The molecule has 0 radical (unpaired) electrons. The lowest BCUT2D eigenvalue weighted by molar-refractivity contribution is 0.107. The number of likely N-dealkylation sites (N-methyl/N-ethyl adjacent to an activating group) is 1. The number of hydrogen-bond acceptors (Lipinski definition) is 5.